The maximum Gasteiger partial charge on any atom is 0.240 e. The van der Waals surface area contributed by atoms with E-state index in [1.54, 1.807) is 6.07 Å². The number of hydrogen-bond donors (Lipinski definition) is 2. The molecule has 1 saturated heterocycles. The topological polar surface area (TPSA) is 78.6 Å². The summed E-state index contributed by atoms with van der Waals surface area (Å²) in [7, 11) is 0. The third-order valence-corrected chi connectivity index (χ3v) is 3.31. The molecule has 0 bridgehead atoms. The van der Waals surface area contributed by atoms with Gasteiger partial charge >= 0.3 is 0 Å². The number of nitrogens with zero attached hydrogens (tertiary/aromatic N) is 2. The van der Waals surface area contributed by atoms with Gasteiger partial charge in [-0.2, -0.15) is 0 Å². The van der Waals surface area contributed by atoms with E-state index in [0.29, 0.717) is 12.4 Å². The third-order valence-electron chi connectivity index (χ3n) is 3.31. The normalized spacial score (nSPS) is 17.9. The van der Waals surface area contributed by atoms with Crippen molar-refractivity contribution in [1.82, 2.24) is 10.1 Å². The van der Waals surface area contributed by atoms with Gasteiger partial charge in [0.05, 0.1) is 18.3 Å². The molecule has 6 nitrogen and oxygen atoms in total. The molecule has 0 atom stereocenters. The van der Waals surface area contributed by atoms with E-state index in [9.17, 15) is 9.90 Å². The Bertz CT molecular complexity index is 423. The highest BCUT2D eigenvalue weighted by Gasteiger charge is 2.19. The van der Waals surface area contributed by atoms with Crippen LogP contribution in [-0.2, 0) is 4.79 Å². The summed E-state index contributed by atoms with van der Waals surface area (Å²) in [6, 6.07) is 1.75. The summed E-state index contributed by atoms with van der Waals surface area (Å²) in [4.78, 5) is 13.9. The fourth-order valence-electron chi connectivity index (χ4n) is 2.08. The van der Waals surface area contributed by atoms with E-state index >= 15 is 0 Å². The highest BCUT2D eigenvalue weighted by Crippen LogP contribution is 2.17. The lowest BCUT2D eigenvalue weighted by atomic mass is 10.1. The highest BCUT2D eigenvalue weighted by molar-refractivity contribution is 5.90. The van der Waals surface area contributed by atoms with Gasteiger partial charge in [0.15, 0.2) is 0 Å². The molecule has 1 aliphatic rings. The molecule has 1 aromatic heterocycles. The molecule has 1 aliphatic heterocycles. The van der Waals surface area contributed by atoms with Gasteiger partial charge in [-0.25, -0.2) is 0 Å². The van der Waals surface area contributed by atoms with E-state index in [-0.39, 0.29) is 17.9 Å². The Balaban J connectivity index is 1.80. The quantitative estimate of drug-likeness (QED) is 0.856. The Hall–Kier alpha value is -1.40. The monoisotopic (exact) mass is 267 g/mol. The van der Waals surface area contributed by atoms with Crippen LogP contribution >= 0.6 is 0 Å². The molecule has 6 heteroatoms. The highest BCUT2D eigenvalue weighted by atomic mass is 16.5. The number of aliphatic hydroxyl groups excluding tert-OH is 1. The summed E-state index contributed by atoms with van der Waals surface area (Å²) >= 11 is 0. The second kappa shape index (κ2) is 6.16. The molecule has 1 amide bonds. The van der Waals surface area contributed by atoms with Crippen molar-refractivity contribution in [2.45, 2.75) is 38.7 Å². The second-order valence-electron chi connectivity index (χ2n) is 5.33. The average Bonchev–Trinajstić information content (AvgIpc) is 2.80. The van der Waals surface area contributed by atoms with Gasteiger partial charge in [-0.3, -0.25) is 15.0 Å². The zero-order valence-corrected chi connectivity index (χ0v) is 11.4. The molecule has 0 aromatic carbocycles. The van der Waals surface area contributed by atoms with Crippen LogP contribution in [0.5, 0.6) is 0 Å². The Morgan fingerprint density at radius 2 is 2.26 bits per heavy atom. The van der Waals surface area contributed by atoms with Gasteiger partial charge in [-0.05, 0) is 18.8 Å². The van der Waals surface area contributed by atoms with Crippen molar-refractivity contribution in [1.29, 1.82) is 0 Å². The van der Waals surface area contributed by atoms with E-state index < -0.39 is 0 Å². The standard InChI is InChI=1S/C13H21N3O3/c1-9(2)11-7-13(19-15-11)14-12(18)8-16-5-3-10(17)4-6-16/h7,9-10,17H,3-6,8H2,1-2H3,(H,14,18). The van der Waals surface area contributed by atoms with Crippen LogP contribution in [0.4, 0.5) is 5.88 Å². The van der Waals surface area contributed by atoms with Crippen LogP contribution < -0.4 is 5.32 Å². The molecule has 0 aliphatic carbocycles. The number of aromatic nitrogens is 1. The zero-order chi connectivity index (χ0) is 13.8. The summed E-state index contributed by atoms with van der Waals surface area (Å²) in [6.07, 6.45) is 1.24. The van der Waals surface area contributed by atoms with Crippen LogP contribution in [0, 0.1) is 0 Å². The number of anilines is 1. The van der Waals surface area contributed by atoms with Gasteiger partial charge in [0, 0.05) is 19.2 Å². The van der Waals surface area contributed by atoms with Gasteiger partial charge in [0.25, 0.3) is 0 Å². The van der Waals surface area contributed by atoms with Crippen LogP contribution in [0.2, 0.25) is 0 Å². The number of piperidine rings is 1. The number of rotatable bonds is 4. The molecule has 19 heavy (non-hydrogen) atoms. The van der Waals surface area contributed by atoms with Crippen molar-refractivity contribution in [3.05, 3.63) is 11.8 Å². The number of hydrogen-bond acceptors (Lipinski definition) is 5. The summed E-state index contributed by atoms with van der Waals surface area (Å²) in [5.74, 6) is 0.562. The first-order valence-corrected chi connectivity index (χ1v) is 6.71. The van der Waals surface area contributed by atoms with E-state index in [2.05, 4.69) is 10.5 Å². The number of amides is 1. The Morgan fingerprint density at radius 1 is 1.58 bits per heavy atom. The lowest BCUT2D eigenvalue weighted by Gasteiger charge is -2.28. The molecule has 0 radical (unpaired) electrons. The molecule has 106 valence electrons. The Labute approximate surface area is 112 Å². The smallest absolute Gasteiger partial charge is 0.240 e. The lowest BCUT2D eigenvalue weighted by Crippen LogP contribution is -2.40. The minimum atomic E-state index is -0.220. The van der Waals surface area contributed by atoms with Crippen molar-refractivity contribution in [2.75, 3.05) is 25.0 Å². The molecule has 1 aromatic rings. The fourth-order valence-corrected chi connectivity index (χ4v) is 2.08. The molecule has 2 heterocycles. The Kier molecular flexibility index (Phi) is 4.55. The van der Waals surface area contributed by atoms with E-state index in [1.165, 1.54) is 0 Å². The van der Waals surface area contributed by atoms with E-state index in [4.69, 9.17) is 4.52 Å². The van der Waals surface area contributed by atoms with Crippen LogP contribution in [0.1, 0.15) is 38.3 Å². The maximum absolute atomic E-state index is 11.8. The molecule has 2 rings (SSSR count). The van der Waals surface area contributed by atoms with Crippen LogP contribution in [0.3, 0.4) is 0 Å². The summed E-state index contributed by atoms with van der Waals surface area (Å²) < 4.78 is 5.06. The molecule has 1 fully saturated rings. The van der Waals surface area contributed by atoms with Gasteiger partial charge in [-0.15, -0.1) is 0 Å². The largest absolute Gasteiger partial charge is 0.393 e. The van der Waals surface area contributed by atoms with Gasteiger partial charge in [0.2, 0.25) is 11.8 Å². The van der Waals surface area contributed by atoms with Crippen LogP contribution in [0.15, 0.2) is 10.6 Å². The molecule has 0 saturated carbocycles. The predicted molar refractivity (Wildman–Crippen MR) is 70.9 cm³/mol. The first kappa shape index (κ1) is 14.0. The summed E-state index contributed by atoms with van der Waals surface area (Å²) in [5, 5.41) is 16.0. The van der Waals surface area contributed by atoms with Gasteiger partial charge in [0.1, 0.15) is 0 Å². The Morgan fingerprint density at radius 3 is 2.84 bits per heavy atom. The SMILES string of the molecule is CC(C)c1cc(NC(=O)CN2CCC(O)CC2)on1. The van der Waals surface area contributed by atoms with Crippen molar-refractivity contribution in [3.63, 3.8) is 0 Å². The lowest BCUT2D eigenvalue weighted by molar-refractivity contribution is -0.118. The van der Waals surface area contributed by atoms with Crippen LogP contribution in [0.25, 0.3) is 0 Å². The first-order chi connectivity index (χ1) is 9.04. The molecule has 2 N–H and O–H groups in total. The average molecular weight is 267 g/mol. The zero-order valence-electron chi connectivity index (χ0n) is 11.4. The molecule has 0 spiro atoms. The summed E-state index contributed by atoms with van der Waals surface area (Å²) in [6.45, 7) is 5.86. The minimum Gasteiger partial charge on any atom is -0.393 e. The van der Waals surface area contributed by atoms with Gasteiger partial charge < -0.3 is 9.63 Å². The number of nitrogens with one attached hydrogen (secondary N) is 1. The third kappa shape index (κ3) is 4.04. The second-order valence-corrected chi connectivity index (χ2v) is 5.33. The summed E-state index contributed by atoms with van der Waals surface area (Å²) in [5.41, 5.74) is 0.830. The van der Waals surface area contributed by atoms with Gasteiger partial charge in [-0.1, -0.05) is 19.0 Å². The van der Waals surface area contributed by atoms with E-state index in [0.717, 1.165) is 31.6 Å². The molecule has 0 unspecified atom stereocenters. The fraction of sp³-hybridized carbons (Fsp3) is 0.692. The van der Waals surface area contributed by atoms with Crippen LogP contribution in [-0.4, -0.2) is 46.8 Å². The van der Waals surface area contributed by atoms with Crippen molar-refractivity contribution >= 4 is 11.8 Å². The maximum atomic E-state index is 11.8. The number of carbonyl (C=O) groups excluding carboxylic acids is 1. The predicted octanol–water partition coefficient (Wildman–Crippen LogP) is 1.19. The number of aliphatic hydroxyl groups is 1. The number of likely N-dealkylation sites (tertiary alicyclic amines) is 1. The van der Waals surface area contributed by atoms with Crippen molar-refractivity contribution in [3.8, 4) is 0 Å². The first-order valence-electron chi connectivity index (χ1n) is 6.71. The van der Waals surface area contributed by atoms with Crippen molar-refractivity contribution in [2.24, 2.45) is 0 Å². The van der Waals surface area contributed by atoms with Crippen molar-refractivity contribution < 1.29 is 14.4 Å². The molecular weight excluding hydrogens is 246 g/mol. The van der Waals surface area contributed by atoms with E-state index in [1.807, 2.05) is 18.7 Å². The molecular formula is C13H21N3O3. The minimum absolute atomic E-state index is 0.108. The number of carbonyl (C=O) groups is 1.